The molecule has 9 rings (SSSR count). The molecule has 0 bridgehead atoms. The first-order chi connectivity index (χ1) is 25.1. The molecule has 3 aromatic heterocycles. The second-order valence-corrected chi connectivity index (χ2v) is 13.3. The summed E-state index contributed by atoms with van der Waals surface area (Å²) in [4.78, 5) is 17.0. The van der Waals surface area contributed by atoms with Gasteiger partial charge < -0.3 is 23.7 Å². The largest absolute Gasteiger partial charge is 0.495 e. The van der Waals surface area contributed by atoms with E-state index in [1.54, 1.807) is 22.3 Å². The Balaban J connectivity index is 0.824. The van der Waals surface area contributed by atoms with Crippen LogP contribution in [0.4, 0.5) is 0 Å². The molecule has 11 nitrogen and oxygen atoms in total. The number of hydrogen-bond acceptors (Lipinski definition) is 9. The lowest BCUT2D eigenvalue weighted by Gasteiger charge is -2.22. The molecule has 1 saturated heterocycles. The standard InChI is InChI=1S/C40H35N5O6/c1-47-30-11-13-35-39(42-43-45(35)22-30)27-7-2-25(3-8-27)4-9-28-19-33(28)34-20-29(34)10-5-26-6-12-32-36-21-38(51-24-31-23-48-16-17-49-31)41-40(46)44(36)14-15-50-37(32)18-26/h2-3,6-8,11-13,18,21-22,28-29,31,33-34H,14-17,19-20,23-24H2,1H3. The van der Waals surface area contributed by atoms with Gasteiger partial charge >= 0.3 is 5.69 Å². The molecule has 3 fully saturated rings. The summed E-state index contributed by atoms with van der Waals surface area (Å²) in [5, 5.41) is 8.60. The Kier molecular flexibility index (Phi) is 8.15. The molecule has 5 aromatic rings. The smallest absolute Gasteiger partial charge is 0.351 e. The first kappa shape index (κ1) is 31.4. The number of nitrogens with zero attached hydrogens (tertiary/aromatic N) is 5. The van der Waals surface area contributed by atoms with Crippen LogP contribution < -0.4 is 19.9 Å². The maximum Gasteiger partial charge on any atom is 0.351 e. The molecule has 0 spiro atoms. The molecule has 0 amide bonds. The first-order valence-electron chi connectivity index (χ1n) is 17.3. The van der Waals surface area contributed by atoms with Gasteiger partial charge in [-0.05, 0) is 67.1 Å². The molecule has 4 aliphatic rings. The van der Waals surface area contributed by atoms with Crippen LogP contribution in [0.1, 0.15) is 24.0 Å². The first-order valence-corrected chi connectivity index (χ1v) is 17.3. The van der Waals surface area contributed by atoms with Gasteiger partial charge in [-0.3, -0.25) is 4.57 Å². The molecule has 11 heteroatoms. The van der Waals surface area contributed by atoms with Crippen LogP contribution in [0.25, 0.3) is 28.0 Å². The average Bonchev–Trinajstić information content (AvgIpc) is 4.09. The van der Waals surface area contributed by atoms with Gasteiger partial charge in [0, 0.05) is 40.2 Å². The molecular formula is C40H35N5O6. The summed E-state index contributed by atoms with van der Waals surface area (Å²) in [6.07, 6.45) is 3.89. The van der Waals surface area contributed by atoms with Crippen LogP contribution in [0.2, 0.25) is 0 Å². The molecular weight excluding hydrogens is 646 g/mol. The van der Waals surface area contributed by atoms with E-state index in [1.807, 2.05) is 48.7 Å². The number of benzene rings is 2. The third-order valence-corrected chi connectivity index (χ3v) is 9.93. The van der Waals surface area contributed by atoms with Gasteiger partial charge in [-0.2, -0.15) is 4.98 Å². The summed E-state index contributed by atoms with van der Waals surface area (Å²) < 4.78 is 31.7. The third kappa shape index (κ3) is 6.54. The minimum Gasteiger partial charge on any atom is -0.495 e. The Bertz CT molecular complexity index is 2300. The zero-order valence-electron chi connectivity index (χ0n) is 28.1. The van der Waals surface area contributed by atoms with Gasteiger partial charge in [0.25, 0.3) is 0 Å². The monoisotopic (exact) mass is 681 g/mol. The van der Waals surface area contributed by atoms with E-state index < -0.39 is 0 Å². The Morgan fingerprint density at radius 1 is 0.922 bits per heavy atom. The van der Waals surface area contributed by atoms with E-state index in [2.05, 4.69) is 51.1 Å². The van der Waals surface area contributed by atoms with Crippen LogP contribution in [-0.2, 0) is 16.0 Å². The van der Waals surface area contributed by atoms with Crippen molar-refractivity contribution in [2.24, 2.45) is 23.7 Å². The Labute approximate surface area is 294 Å². The highest BCUT2D eigenvalue weighted by atomic mass is 16.6. The Hall–Kier alpha value is -5.62. The van der Waals surface area contributed by atoms with E-state index in [1.165, 1.54) is 0 Å². The number of rotatable bonds is 6. The Morgan fingerprint density at radius 2 is 1.73 bits per heavy atom. The SMILES string of the molecule is COc1ccc2c(-c3ccc(C#CC4CC4C4CC4C#Cc4ccc5c(c4)OCCn4c-5cc(OCC5COCCO5)nc4=O)cc3)nnn2c1. The number of fused-ring (bicyclic) bond motifs is 4. The van der Waals surface area contributed by atoms with E-state index in [0.717, 1.165) is 52.1 Å². The maximum absolute atomic E-state index is 12.9. The van der Waals surface area contributed by atoms with Gasteiger partial charge in [0.05, 0.1) is 50.9 Å². The van der Waals surface area contributed by atoms with E-state index in [0.29, 0.717) is 68.1 Å². The van der Waals surface area contributed by atoms with E-state index in [4.69, 9.17) is 23.7 Å². The molecule has 2 saturated carbocycles. The summed E-state index contributed by atoms with van der Waals surface area (Å²) >= 11 is 0. The molecule has 0 N–H and O–H groups in total. The van der Waals surface area contributed by atoms with Gasteiger partial charge in [0.1, 0.15) is 36.5 Å². The molecule has 0 radical (unpaired) electrons. The molecule has 256 valence electrons. The van der Waals surface area contributed by atoms with Crippen LogP contribution in [0.15, 0.2) is 71.7 Å². The summed E-state index contributed by atoms with van der Waals surface area (Å²) in [6.45, 7) is 2.59. The molecule has 5 unspecified atom stereocenters. The van der Waals surface area contributed by atoms with Crippen molar-refractivity contribution in [3.63, 3.8) is 0 Å². The highest BCUT2D eigenvalue weighted by Gasteiger charge is 2.52. The van der Waals surface area contributed by atoms with Crippen LogP contribution in [0, 0.1) is 47.4 Å². The summed E-state index contributed by atoms with van der Waals surface area (Å²) in [6, 6.07) is 19.8. The number of aromatic nitrogens is 5. The predicted molar refractivity (Wildman–Crippen MR) is 187 cm³/mol. The molecule has 2 aromatic carbocycles. The molecule has 51 heavy (non-hydrogen) atoms. The van der Waals surface area contributed by atoms with Gasteiger partial charge in [-0.25, -0.2) is 9.31 Å². The fourth-order valence-electron chi connectivity index (χ4n) is 6.96. The molecule has 2 aliphatic heterocycles. The van der Waals surface area contributed by atoms with Crippen molar-refractivity contribution in [2.75, 3.05) is 40.1 Å². The van der Waals surface area contributed by atoms with Crippen molar-refractivity contribution in [1.29, 1.82) is 0 Å². The van der Waals surface area contributed by atoms with Crippen molar-refractivity contribution in [2.45, 2.75) is 25.5 Å². The lowest BCUT2D eigenvalue weighted by molar-refractivity contribution is -0.102. The second-order valence-electron chi connectivity index (χ2n) is 13.3. The summed E-state index contributed by atoms with van der Waals surface area (Å²) in [7, 11) is 1.64. The lowest BCUT2D eigenvalue weighted by atomic mass is 10.1. The number of hydrogen-bond donors (Lipinski definition) is 0. The zero-order valence-corrected chi connectivity index (χ0v) is 28.1. The highest BCUT2D eigenvalue weighted by molar-refractivity contribution is 5.77. The van der Waals surface area contributed by atoms with Crippen LogP contribution in [-0.4, -0.2) is 70.6 Å². The van der Waals surface area contributed by atoms with Crippen molar-refractivity contribution < 1.29 is 23.7 Å². The maximum atomic E-state index is 12.9. The van der Waals surface area contributed by atoms with Gasteiger partial charge in [0.15, 0.2) is 0 Å². The number of methoxy groups -OCH3 is 1. The molecule has 5 atom stereocenters. The predicted octanol–water partition coefficient (Wildman–Crippen LogP) is 4.49. The topological polar surface area (TPSA) is 111 Å². The van der Waals surface area contributed by atoms with Crippen molar-refractivity contribution in [1.82, 2.24) is 24.4 Å². The second kappa shape index (κ2) is 13.3. The van der Waals surface area contributed by atoms with E-state index >= 15 is 0 Å². The third-order valence-electron chi connectivity index (χ3n) is 9.93. The van der Waals surface area contributed by atoms with Crippen molar-refractivity contribution in [3.8, 4) is 63.6 Å². The number of ether oxygens (including phenoxy) is 5. The Morgan fingerprint density at radius 3 is 2.51 bits per heavy atom. The fraction of sp³-hybridized carbons (Fsp3) is 0.350. The minimum absolute atomic E-state index is 0.187. The van der Waals surface area contributed by atoms with Crippen molar-refractivity contribution in [3.05, 3.63) is 88.5 Å². The van der Waals surface area contributed by atoms with Crippen LogP contribution in [0.5, 0.6) is 17.4 Å². The van der Waals surface area contributed by atoms with Crippen LogP contribution >= 0.6 is 0 Å². The number of pyridine rings is 1. The normalized spacial score (nSPS) is 22.9. The minimum atomic E-state index is -0.372. The highest BCUT2D eigenvalue weighted by Crippen LogP contribution is 2.57. The molecule has 5 heterocycles. The van der Waals surface area contributed by atoms with Gasteiger partial charge in [-0.1, -0.05) is 41.0 Å². The quantitative estimate of drug-likeness (QED) is 0.240. The lowest BCUT2D eigenvalue weighted by Crippen LogP contribution is -2.34. The zero-order chi connectivity index (χ0) is 34.3. The summed E-state index contributed by atoms with van der Waals surface area (Å²) in [5.74, 6) is 17.5. The van der Waals surface area contributed by atoms with Crippen LogP contribution in [0.3, 0.4) is 0 Å². The van der Waals surface area contributed by atoms with E-state index in [-0.39, 0.29) is 24.3 Å². The van der Waals surface area contributed by atoms with Gasteiger partial charge in [0.2, 0.25) is 5.88 Å². The molecule has 2 aliphatic carbocycles. The summed E-state index contributed by atoms with van der Waals surface area (Å²) in [5.41, 5.74) is 5.79. The average molecular weight is 682 g/mol. The van der Waals surface area contributed by atoms with Gasteiger partial charge in [-0.15, -0.1) is 5.10 Å². The van der Waals surface area contributed by atoms with E-state index in [9.17, 15) is 4.79 Å². The fourth-order valence-corrected chi connectivity index (χ4v) is 6.96. The van der Waals surface area contributed by atoms with Crippen molar-refractivity contribution >= 4 is 5.52 Å².